The molecule has 2 atom stereocenters. The van der Waals surface area contributed by atoms with Crippen molar-refractivity contribution in [1.82, 2.24) is 10.6 Å². The molecule has 0 spiro atoms. The summed E-state index contributed by atoms with van der Waals surface area (Å²) in [6.07, 6.45) is 4.19. The Morgan fingerprint density at radius 3 is 2.28 bits per heavy atom. The van der Waals surface area contributed by atoms with Crippen LogP contribution in [-0.4, -0.2) is 31.1 Å². The Morgan fingerprint density at radius 1 is 1.10 bits per heavy atom. The SMILES string of the molecule is COc1c(S)c(C(F)(F)F)cc(C)c1C(=O)NC1CCCCC1NC1CCCC1. The second-order valence-corrected chi connectivity index (χ2v) is 8.56. The van der Waals surface area contributed by atoms with Crippen molar-refractivity contribution in [2.24, 2.45) is 0 Å². The van der Waals surface area contributed by atoms with Crippen LogP contribution in [0.3, 0.4) is 0 Å². The predicted octanol–water partition coefficient (Wildman–Crippen LogP) is 4.88. The largest absolute Gasteiger partial charge is 0.495 e. The first-order chi connectivity index (χ1) is 13.7. The summed E-state index contributed by atoms with van der Waals surface area (Å²) in [5.41, 5.74) is -0.554. The van der Waals surface area contributed by atoms with E-state index in [-0.39, 0.29) is 33.9 Å². The number of aryl methyl sites for hydroxylation is 1. The van der Waals surface area contributed by atoms with Crippen LogP contribution in [-0.2, 0) is 6.18 Å². The fourth-order valence-corrected chi connectivity index (χ4v) is 5.01. The highest BCUT2D eigenvalue weighted by Crippen LogP contribution is 2.41. The molecule has 0 aliphatic heterocycles. The average molecular weight is 431 g/mol. The van der Waals surface area contributed by atoms with Gasteiger partial charge in [0.1, 0.15) is 5.75 Å². The van der Waals surface area contributed by atoms with Crippen LogP contribution >= 0.6 is 12.6 Å². The molecule has 2 saturated carbocycles. The lowest BCUT2D eigenvalue weighted by Crippen LogP contribution is -2.53. The molecule has 4 nitrogen and oxygen atoms in total. The number of benzene rings is 1. The van der Waals surface area contributed by atoms with Crippen LogP contribution in [0, 0.1) is 6.92 Å². The Labute approximate surface area is 175 Å². The molecule has 2 fully saturated rings. The lowest BCUT2D eigenvalue weighted by molar-refractivity contribution is -0.139. The molecule has 2 unspecified atom stereocenters. The van der Waals surface area contributed by atoms with Crippen molar-refractivity contribution in [1.29, 1.82) is 0 Å². The van der Waals surface area contributed by atoms with Gasteiger partial charge in [-0.15, -0.1) is 12.6 Å². The topological polar surface area (TPSA) is 50.4 Å². The Hall–Kier alpha value is -1.41. The van der Waals surface area contributed by atoms with E-state index in [9.17, 15) is 18.0 Å². The summed E-state index contributed by atoms with van der Waals surface area (Å²) in [5.74, 6) is -0.539. The van der Waals surface area contributed by atoms with Crippen LogP contribution in [0.4, 0.5) is 13.2 Å². The third-order valence-electron chi connectivity index (χ3n) is 6.08. The highest BCUT2D eigenvalue weighted by molar-refractivity contribution is 7.80. The monoisotopic (exact) mass is 430 g/mol. The number of methoxy groups -OCH3 is 1. The number of rotatable bonds is 5. The van der Waals surface area contributed by atoms with E-state index in [0.717, 1.165) is 44.6 Å². The van der Waals surface area contributed by atoms with E-state index in [1.54, 1.807) is 0 Å². The second kappa shape index (κ2) is 9.16. The number of nitrogens with one attached hydrogen (secondary N) is 2. The van der Waals surface area contributed by atoms with E-state index in [1.807, 2.05) is 0 Å². The van der Waals surface area contributed by atoms with Crippen LogP contribution in [0.25, 0.3) is 0 Å². The summed E-state index contributed by atoms with van der Waals surface area (Å²) in [4.78, 5) is 12.7. The van der Waals surface area contributed by atoms with E-state index in [0.29, 0.717) is 6.04 Å². The highest BCUT2D eigenvalue weighted by Gasteiger charge is 2.37. The van der Waals surface area contributed by atoms with Gasteiger partial charge in [0.15, 0.2) is 0 Å². The molecule has 2 N–H and O–H groups in total. The zero-order chi connectivity index (χ0) is 21.2. The molecule has 3 rings (SSSR count). The summed E-state index contributed by atoms with van der Waals surface area (Å²) in [6, 6.07) is 1.59. The van der Waals surface area contributed by atoms with Crippen LogP contribution in [0.5, 0.6) is 5.75 Å². The number of halogens is 3. The van der Waals surface area contributed by atoms with Gasteiger partial charge in [0.2, 0.25) is 0 Å². The smallest absolute Gasteiger partial charge is 0.417 e. The average Bonchev–Trinajstić information content (AvgIpc) is 3.16. The summed E-state index contributed by atoms with van der Waals surface area (Å²) in [7, 11) is 1.26. The fraction of sp³-hybridized carbons (Fsp3) is 0.667. The van der Waals surface area contributed by atoms with Gasteiger partial charge in [-0.2, -0.15) is 13.2 Å². The molecule has 1 aromatic rings. The van der Waals surface area contributed by atoms with Crippen molar-refractivity contribution in [3.63, 3.8) is 0 Å². The molecule has 0 heterocycles. The molecule has 0 saturated heterocycles. The third-order valence-corrected chi connectivity index (χ3v) is 6.52. The van der Waals surface area contributed by atoms with E-state index >= 15 is 0 Å². The lowest BCUT2D eigenvalue weighted by Gasteiger charge is -2.35. The molecule has 2 aliphatic carbocycles. The zero-order valence-electron chi connectivity index (χ0n) is 16.9. The van der Waals surface area contributed by atoms with Gasteiger partial charge in [-0.05, 0) is 44.2 Å². The molecular weight excluding hydrogens is 401 g/mol. The van der Waals surface area contributed by atoms with E-state index in [1.165, 1.54) is 26.9 Å². The summed E-state index contributed by atoms with van der Waals surface area (Å²) < 4.78 is 45.0. The number of thiol groups is 1. The lowest BCUT2D eigenvalue weighted by atomic mass is 9.89. The second-order valence-electron chi connectivity index (χ2n) is 8.11. The predicted molar refractivity (Wildman–Crippen MR) is 109 cm³/mol. The molecule has 0 aromatic heterocycles. The van der Waals surface area contributed by atoms with Gasteiger partial charge in [0.05, 0.1) is 23.1 Å². The Kier molecular flexibility index (Phi) is 7.04. The minimum Gasteiger partial charge on any atom is -0.495 e. The standard InChI is InChI=1S/C21H29F3N2O2S/c1-12-11-14(21(22,23)24)19(29)18(28-2)17(12)20(27)26-16-10-6-5-9-15(16)25-13-7-3-4-8-13/h11,13,15-16,25,29H,3-10H2,1-2H3,(H,26,27). The van der Waals surface area contributed by atoms with Crippen molar-refractivity contribution >= 4 is 18.5 Å². The van der Waals surface area contributed by atoms with Gasteiger partial charge in [-0.1, -0.05) is 25.7 Å². The maximum atomic E-state index is 13.3. The zero-order valence-corrected chi connectivity index (χ0v) is 17.8. The minimum absolute atomic E-state index is 0.0494. The summed E-state index contributed by atoms with van der Waals surface area (Å²) >= 11 is 4.02. The van der Waals surface area contributed by atoms with Gasteiger partial charge < -0.3 is 15.4 Å². The van der Waals surface area contributed by atoms with Crippen molar-refractivity contribution in [3.8, 4) is 5.75 Å². The molecule has 1 aromatic carbocycles. The van der Waals surface area contributed by atoms with Crippen LogP contribution in [0.1, 0.15) is 72.9 Å². The van der Waals surface area contributed by atoms with Crippen molar-refractivity contribution in [2.75, 3.05) is 7.11 Å². The molecule has 0 radical (unpaired) electrons. The van der Waals surface area contributed by atoms with E-state index in [2.05, 4.69) is 23.3 Å². The number of ether oxygens (including phenoxy) is 1. The maximum Gasteiger partial charge on any atom is 0.417 e. The quantitative estimate of drug-likeness (QED) is 0.584. The van der Waals surface area contributed by atoms with Gasteiger partial charge in [0.25, 0.3) is 5.91 Å². The summed E-state index contributed by atoms with van der Waals surface area (Å²) in [5, 5.41) is 6.76. The number of carbonyl (C=O) groups excluding carboxylic acids is 1. The maximum absolute atomic E-state index is 13.3. The Morgan fingerprint density at radius 2 is 1.69 bits per heavy atom. The fourth-order valence-electron chi connectivity index (χ4n) is 4.61. The normalized spacial score (nSPS) is 23.2. The van der Waals surface area contributed by atoms with Gasteiger partial charge in [-0.25, -0.2) is 0 Å². The van der Waals surface area contributed by atoms with Crippen molar-refractivity contribution in [3.05, 3.63) is 22.8 Å². The molecule has 162 valence electrons. The molecule has 29 heavy (non-hydrogen) atoms. The van der Waals surface area contributed by atoms with Crippen molar-refractivity contribution in [2.45, 2.75) is 87.5 Å². The van der Waals surface area contributed by atoms with E-state index in [4.69, 9.17) is 4.74 Å². The van der Waals surface area contributed by atoms with E-state index < -0.39 is 17.6 Å². The summed E-state index contributed by atoms with van der Waals surface area (Å²) in [6.45, 7) is 1.50. The molecule has 8 heteroatoms. The Bertz CT molecular complexity index is 748. The Balaban J connectivity index is 1.82. The van der Waals surface area contributed by atoms with Crippen LogP contribution < -0.4 is 15.4 Å². The number of amides is 1. The first-order valence-corrected chi connectivity index (χ1v) is 10.7. The van der Waals surface area contributed by atoms with Gasteiger partial charge in [-0.3, -0.25) is 4.79 Å². The number of hydrogen-bond donors (Lipinski definition) is 3. The van der Waals surface area contributed by atoms with Gasteiger partial charge >= 0.3 is 6.18 Å². The molecule has 0 bridgehead atoms. The number of carbonyl (C=O) groups is 1. The third kappa shape index (κ3) is 5.02. The molecule has 2 aliphatic rings. The minimum atomic E-state index is -4.57. The molecule has 1 amide bonds. The number of hydrogen-bond acceptors (Lipinski definition) is 4. The number of alkyl halides is 3. The molecular formula is C21H29F3N2O2S. The first kappa shape index (κ1) is 22.3. The first-order valence-electron chi connectivity index (χ1n) is 10.3. The highest BCUT2D eigenvalue weighted by atomic mass is 32.1. The van der Waals surface area contributed by atoms with Gasteiger partial charge in [0, 0.05) is 18.1 Å². The van der Waals surface area contributed by atoms with Crippen LogP contribution in [0.2, 0.25) is 0 Å². The van der Waals surface area contributed by atoms with Crippen LogP contribution in [0.15, 0.2) is 11.0 Å². The van der Waals surface area contributed by atoms with Crippen molar-refractivity contribution < 1.29 is 22.7 Å².